The maximum Gasteiger partial charge on any atom is 0.265 e. The summed E-state index contributed by atoms with van der Waals surface area (Å²) in [4.78, 5) is 25.3. The molecule has 2 aromatic carbocycles. The Kier molecular flexibility index (Phi) is 5.61. The Morgan fingerprint density at radius 2 is 1.69 bits per heavy atom. The highest BCUT2D eigenvalue weighted by molar-refractivity contribution is 7.12. The lowest BCUT2D eigenvalue weighted by molar-refractivity contribution is 0.101. The topological polar surface area (TPSA) is 58.2 Å². The third-order valence-electron chi connectivity index (χ3n) is 3.66. The second kappa shape index (κ2) is 7.91. The number of rotatable bonds is 4. The average Bonchev–Trinajstić information content (AvgIpc) is 3.14. The van der Waals surface area contributed by atoms with Gasteiger partial charge in [0.2, 0.25) is 0 Å². The summed E-state index contributed by atoms with van der Waals surface area (Å²) in [5, 5.41) is 8.34. The molecule has 0 radical (unpaired) electrons. The van der Waals surface area contributed by atoms with Crippen molar-refractivity contribution >= 4 is 57.7 Å². The van der Waals surface area contributed by atoms with Crippen LogP contribution in [-0.4, -0.2) is 11.8 Å². The summed E-state index contributed by atoms with van der Waals surface area (Å²) >= 11 is 13.4. The number of carbonyl (C=O) groups excluding carboxylic acids is 2. The van der Waals surface area contributed by atoms with Crippen LogP contribution in [0.2, 0.25) is 10.0 Å². The Hall–Kier alpha value is -2.34. The predicted octanol–water partition coefficient (Wildman–Crippen LogP) is 5.87. The van der Waals surface area contributed by atoms with Crippen molar-refractivity contribution < 1.29 is 9.59 Å². The average molecular weight is 405 g/mol. The smallest absolute Gasteiger partial charge is 0.265 e. The fraction of sp³-hybridized carbons (Fsp3) is 0.0526. The van der Waals surface area contributed by atoms with E-state index in [2.05, 4.69) is 10.6 Å². The van der Waals surface area contributed by atoms with E-state index in [0.717, 1.165) is 5.56 Å². The highest BCUT2D eigenvalue weighted by Crippen LogP contribution is 2.26. The minimum absolute atomic E-state index is 0.270. The third-order valence-corrected chi connectivity index (χ3v) is 5.09. The van der Waals surface area contributed by atoms with Crippen LogP contribution in [0.15, 0.2) is 53.9 Å². The SMILES string of the molecule is Cc1cc(Cl)ccc1NC(=O)c1ccc(Cl)c(NC(=O)c2cccs2)c1. The summed E-state index contributed by atoms with van der Waals surface area (Å²) in [5.74, 6) is -0.577. The van der Waals surface area contributed by atoms with Gasteiger partial charge in [-0.15, -0.1) is 11.3 Å². The molecule has 3 rings (SSSR count). The molecule has 0 unspecified atom stereocenters. The van der Waals surface area contributed by atoms with Crippen LogP contribution in [0.1, 0.15) is 25.6 Å². The zero-order valence-electron chi connectivity index (χ0n) is 13.7. The Morgan fingerprint density at radius 1 is 0.923 bits per heavy atom. The molecular formula is C19H14Cl2N2O2S. The highest BCUT2D eigenvalue weighted by atomic mass is 35.5. The van der Waals surface area contributed by atoms with E-state index >= 15 is 0 Å². The summed E-state index contributed by atoms with van der Waals surface area (Å²) in [6.07, 6.45) is 0. The van der Waals surface area contributed by atoms with Gasteiger partial charge in [-0.05, 0) is 60.3 Å². The number of carbonyl (C=O) groups is 2. The number of hydrogen-bond donors (Lipinski definition) is 2. The van der Waals surface area contributed by atoms with Crippen molar-refractivity contribution in [3.63, 3.8) is 0 Å². The Labute approximate surface area is 164 Å². The monoisotopic (exact) mass is 404 g/mol. The van der Waals surface area contributed by atoms with Crippen molar-refractivity contribution in [3.05, 3.63) is 80.0 Å². The van der Waals surface area contributed by atoms with Gasteiger partial charge in [-0.2, -0.15) is 0 Å². The number of nitrogens with one attached hydrogen (secondary N) is 2. The maximum absolute atomic E-state index is 12.5. The van der Waals surface area contributed by atoms with Crippen LogP contribution < -0.4 is 10.6 Å². The zero-order valence-corrected chi connectivity index (χ0v) is 16.0. The van der Waals surface area contributed by atoms with Crippen molar-refractivity contribution in [2.75, 3.05) is 10.6 Å². The minimum atomic E-state index is -0.307. The van der Waals surface area contributed by atoms with Gasteiger partial charge in [0, 0.05) is 16.3 Å². The van der Waals surface area contributed by atoms with Gasteiger partial charge in [0.05, 0.1) is 15.6 Å². The van der Waals surface area contributed by atoms with Crippen molar-refractivity contribution in [1.29, 1.82) is 0 Å². The first-order valence-corrected chi connectivity index (χ1v) is 9.29. The number of benzene rings is 2. The molecule has 2 amide bonds. The highest BCUT2D eigenvalue weighted by Gasteiger charge is 2.13. The van der Waals surface area contributed by atoms with Crippen molar-refractivity contribution in [3.8, 4) is 0 Å². The lowest BCUT2D eigenvalue weighted by Crippen LogP contribution is -2.15. The van der Waals surface area contributed by atoms with Gasteiger partial charge < -0.3 is 10.6 Å². The molecule has 0 saturated heterocycles. The van der Waals surface area contributed by atoms with Gasteiger partial charge in [-0.25, -0.2) is 0 Å². The lowest BCUT2D eigenvalue weighted by Gasteiger charge is -2.11. The van der Waals surface area contributed by atoms with Gasteiger partial charge in [0.15, 0.2) is 0 Å². The number of anilines is 2. The van der Waals surface area contributed by atoms with Gasteiger partial charge in [0.1, 0.15) is 0 Å². The molecule has 26 heavy (non-hydrogen) atoms. The Balaban J connectivity index is 1.80. The van der Waals surface area contributed by atoms with Crippen LogP contribution >= 0.6 is 34.5 Å². The van der Waals surface area contributed by atoms with E-state index in [9.17, 15) is 9.59 Å². The van der Waals surface area contributed by atoms with Crippen LogP contribution in [0.5, 0.6) is 0 Å². The van der Waals surface area contributed by atoms with E-state index in [0.29, 0.717) is 31.9 Å². The van der Waals surface area contributed by atoms with E-state index in [1.54, 1.807) is 48.5 Å². The second-order valence-corrected chi connectivity index (χ2v) is 7.33. The summed E-state index contributed by atoms with van der Waals surface area (Å²) in [6.45, 7) is 1.86. The number of aryl methyl sites for hydroxylation is 1. The van der Waals surface area contributed by atoms with Crippen LogP contribution in [-0.2, 0) is 0 Å². The van der Waals surface area contributed by atoms with Gasteiger partial charge in [0.25, 0.3) is 11.8 Å². The largest absolute Gasteiger partial charge is 0.322 e. The lowest BCUT2D eigenvalue weighted by atomic mass is 10.1. The van der Waals surface area contributed by atoms with E-state index in [1.165, 1.54) is 11.3 Å². The molecule has 0 aliphatic carbocycles. The van der Waals surface area contributed by atoms with Crippen LogP contribution in [0.25, 0.3) is 0 Å². The summed E-state index contributed by atoms with van der Waals surface area (Å²) < 4.78 is 0. The molecule has 0 aliphatic heterocycles. The van der Waals surface area contributed by atoms with Crippen LogP contribution in [0.4, 0.5) is 11.4 Å². The van der Waals surface area contributed by atoms with E-state index in [-0.39, 0.29) is 11.8 Å². The second-order valence-electron chi connectivity index (χ2n) is 5.54. The summed E-state index contributed by atoms with van der Waals surface area (Å²) in [5.41, 5.74) is 2.28. The van der Waals surface area contributed by atoms with E-state index < -0.39 is 0 Å². The number of hydrogen-bond acceptors (Lipinski definition) is 3. The van der Waals surface area contributed by atoms with Gasteiger partial charge in [-0.1, -0.05) is 29.3 Å². The standard InChI is InChI=1S/C19H14Cl2N2O2S/c1-11-9-13(20)5-7-15(11)22-18(24)12-4-6-14(21)16(10-12)23-19(25)17-3-2-8-26-17/h2-10H,1H3,(H,22,24)(H,23,25). The molecule has 0 fully saturated rings. The van der Waals surface area contributed by atoms with Crippen LogP contribution in [0, 0.1) is 6.92 Å². The number of thiophene rings is 1. The van der Waals surface area contributed by atoms with E-state index in [1.807, 2.05) is 12.3 Å². The molecule has 0 saturated carbocycles. The first-order valence-electron chi connectivity index (χ1n) is 7.66. The number of halogens is 2. The fourth-order valence-electron chi connectivity index (χ4n) is 2.32. The molecule has 1 aromatic heterocycles. The first-order chi connectivity index (χ1) is 12.4. The van der Waals surface area contributed by atoms with Crippen molar-refractivity contribution in [2.45, 2.75) is 6.92 Å². The third kappa shape index (κ3) is 4.25. The van der Waals surface area contributed by atoms with Crippen molar-refractivity contribution in [2.24, 2.45) is 0 Å². The minimum Gasteiger partial charge on any atom is -0.322 e. The van der Waals surface area contributed by atoms with E-state index in [4.69, 9.17) is 23.2 Å². The molecule has 0 bridgehead atoms. The van der Waals surface area contributed by atoms with Crippen molar-refractivity contribution in [1.82, 2.24) is 0 Å². The molecule has 3 aromatic rings. The molecule has 4 nitrogen and oxygen atoms in total. The van der Waals surface area contributed by atoms with Gasteiger partial charge >= 0.3 is 0 Å². The molecular weight excluding hydrogens is 391 g/mol. The molecule has 0 atom stereocenters. The molecule has 132 valence electrons. The maximum atomic E-state index is 12.5. The molecule has 0 aliphatic rings. The summed E-state index contributed by atoms with van der Waals surface area (Å²) in [6, 6.07) is 13.5. The first kappa shape index (κ1) is 18.5. The van der Waals surface area contributed by atoms with Crippen LogP contribution in [0.3, 0.4) is 0 Å². The Morgan fingerprint density at radius 3 is 2.38 bits per heavy atom. The Bertz CT molecular complexity index is 972. The van der Waals surface area contributed by atoms with Gasteiger partial charge in [-0.3, -0.25) is 9.59 Å². The molecule has 2 N–H and O–H groups in total. The summed E-state index contributed by atoms with van der Waals surface area (Å²) in [7, 11) is 0. The predicted molar refractivity (Wildman–Crippen MR) is 108 cm³/mol. The molecule has 7 heteroatoms. The zero-order chi connectivity index (χ0) is 18.7. The normalized spacial score (nSPS) is 10.4. The number of amides is 2. The fourth-order valence-corrected chi connectivity index (χ4v) is 3.33. The molecule has 1 heterocycles. The quantitative estimate of drug-likeness (QED) is 0.571. The molecule has 0 spiro atoms.